The Kier molecular flexibility index (Phi) is 6.13. The third-order valence-corrected chi connectivity index (χ3v) is 4.29. The number of para-hydroxylation sites is 1. The van der Waals surface area contributed by atoms with Crippen molar-refractivity contribution in [2.75, 3.05) is 10.7 Å². The van der Waals surface area contributed by atoms with Crippen molar-refractivity contribution in [1.82, 2.24) is 0 Å². The lowest BCUT2D eigenvalue weighted by molar-refractivity contribution is -0.115. The van der Waals surface area contributed by atoms with Gasteiger partial charge in [0.05, 0.1) is 27.7 Å². The average Bonchev–Trinajstić information content (AvgIpc) is 2.54. The predicted octanol–water partition coefficient (Wildman–Crippen LogP) is 3.40. The summed E-state index contributed by atoms with van der Waals surface area (Å²) in [7, 11) is -4.23. The molecule has 0 atom stereocenters. The maximum Gasteiger partial charge on any atom is 0.294 e. The minimum Gasteiger partial charge on any atom is -0.324 e. The van der Waals surface area contributed by atoms with Crippen molar-refractivity contribution < 1.29 is 17.8 Å². The summed E-state index contributed by atoms with van der Waals surface area (Å²) in [6.45, 7) is 1.67. The Morgan fingerprint density at radius 3 is 2.40 bits per heavy atom. The van der Waals surface area contributed by atoms with E-state index >= 15 is 0 Å². The van der Waals surface area contributed by atoms with Crippen LogP contribution in [0.15, 0.2) is 58.5 Å². The molecule has 25 heavy (non-hydrogen) atoms. The smallest absolute Gasteiger partial charge is 0.294 e. The molecule has 3 N–H and O–H groups in total. The number of halogens is 1. The summed E-state index contributed by atoms with van der Waals surface area (Å²) in [5.74, 6) is -0.266. The Bertz CT molecular complexity index is 896. The van der Waals surface area contributed by atoms with Crippen molar-refractivity contribution in [3.05, 3.63) is 53.6 Å². The quantitative estimate of drug-likeness (QED) is 0.403. The highest BCUT2D eigenvalue weighted by Gasteiger charge is 2.09. The standard InChI is InChI=1S/C16H16ClN3O4S/c1-11(10-16(21)18-15-5-3-2-4-14(15)17)19-20-12-6-8-13(9-7-12)25(22,23)24/h2-9,20H,10H2,1H3,(H,18,21)(H,22,23,24). The molecule has 0 aliphatic carbocycles. The van der Waals surface area contributed by atoms with E-state index in [-0.39, 0.29) is 17.2 Å². The molecule has 2 aromatic rings. The SMILES string of the molecule is CC(CC(=O)Nc1ccccc1Cl)=NNc1ccc(S(=O)(=O)O)cc1. The van der Waals surface area contributed by atoms with Gasteiger partial charge in [-0.25, -0.2) is 0 Å². The zero-order valence-corrected chi connectivity index (χ0v) is 14.8. The fourth-order valence-corrected chi connectivity index (χ4v) is 2.55. The number of amides is 1. The molecule has 2 rings (SSSR count). The zero-order valence-electron chi connectivity index (χ0n) is 13.2. The lowest BCUT2D eigenvalue weighted by atomic mass is 10.2. The van der Waals surface area contributed by atoms with Gasteiger partial charge in [0, 0.05) is 5.71 Å². The number of carbonyl (C=O) groups is 1. The third kappa shape index (κ3) is 5.86. The number of anilines is 2. The maximum atomic E-state index is 12.0. The largest absolute Gasteiger partial charge is 0.324 e. The molecule has 0 saturated carbocycles. The topological polar surface area (TPSA) is 108 Å². The van der Waals surface area contributed by atoms with Gasteiger partial charge < -0.3 is 5.32 Å². The number of nitrogens with zero attached hydrogens (tertiary/aromatic N) is 1. The number of carbonyl (C=O) groups excluding carboxylic acids is 1. The molecule has 0 aromatic heterocycles. The van der Waals surface area contributed by atoms with Gasteiger partial charge in [-0.2, -0.15) is 13.5 Å². The molecule has 2 aromatic carbocycles. The molecule has 0 aliphatic heterocycles. The Balaban J connectivity index is 1.93. The Morgan fingerprint density at radius 1 is 1.16 bits per heavy atom. The number of hydrogen-bond acceptors (Lipinski definition) is 5. The molecule has 0 bridgehead atoms. The Morgan fingerprint density at radius 2 is 1.80 bits per heavy atom. The first-order valence-electron chi connectivity index (χ1n) is 7.17. The van der Waals surface area contributed by atoms with Crippen LogP contribution < -0.4 is 10.7 Å². The van der Waals surface area contributed by atoms with E-state index in [0.29, 0.717) is 22.1 Å². The van der Waals surface area contributed by atoms with Crippen molar-refractivity contribution in [3.8, 4) is 0 Å². The summed E-state index contributed by atoms with van der Waals surface area (Å²) in [6, 6.07) is 12.3. The summed E-state index contributed by atoms with van der Waals surface area (Å²) in [6.07, 6.45) is 0.0569. The van der Waals surface area contributed by atoms with Crippen molar-refractivity contribution in [3.63, 3.8) is 0 Å². The summed E-state index contributed by atoms with van der Waals surface area (Å²) in [4.78, 5) is 11.8. The van der Waals surface area contributed by atoms with Gasteiger partial charge in [-0.05, 0) is 43.3 Å². The third-order valence-electron chi connectivity index (χ3n) is 3.09. The van der Waals surface area contributed by atoms with E-state index in [1.165, 1.54) is 24.3 Å². The van der Waals surface area contributed by atoms with Crippen molar-refractivity contribution in [2.24, 2.45) is 5.10 Å². The minimum atomic E-state index is -4.23. The molecular formula is C16H16ClN3O4S. The van der Waals surface area contributed by atoms with E-state index in [4.69, 9.17) is 16.2 Å². The van der Waals surface area contributed by atoms with E-state index in [2.05, 4.69) is 15.8 Å². The van der Waals surface area contributed by atoms with Crippen molar-refractivity contribution >= 4 is 44.7 Å². The van der Waals surface area contributed by atoms with Crippen LogP contribution in [0.2, 0.25) is 5.02 Å². The molecule has 0 spiro atoms. The molecule has 0 aliphatic rings. The number of benzene rings is 2. The Hall–Kier alpha value is -2.42. The first kappa shape index (κ1) is 18.9. The van der Waals surface area contributed by atoms with E-state index < -0.39 is 10.1 Å². The van der Waals surface area contributed by atoms with Crippen LogP contribution in [0.5, 0.6) is 0 Å². The second kappa shape index (κ2) is 8.11. The van der Waals surface area contributed by atoms with Crippen LogP contribution in [0.25, 0.3) is 0 Å². The molecule has 7 nitrogen and oxygen atoms in total. The molecule has 132 valence electrons. The molecule has 9 heteroatoms. The van der Waals surface area contributed by atoms with Crippen LogP contribution >= 0.6 is 11.6 Å². The summed E-state index contributed by atoms with van der Waals surface area (Å²) >= 11 is 5.97. The van der Waals surface area contributed by atoms with Gasteiger partial charge in [-0.3, -0.25) is 14.8 Å². The zero-order chi connectivity index (χ0) is 18.4. The predicted molar refractivity (Wildman–Crippen MR) is 97.7 cm³/mol. The van der Waals surface area contributed by atoms with Crippen molar-refractivity contribution in [1.29, 1.82) is 0 Å². The first-order valence-corrected chi connectivity index (χ1v) is 8.98. The maximum absolute atomic E-state index is 12.0. The van der Waals surface area contributed by atoms with Crippen LogP contribution in [-0.2, 0) is 14.9 Å². The van der Waals surface area contributed by atoms with Crippen LogP contribution in [-0.4, -0.2) is 24.6 Å². The number of hydrogen-bond donors (Lipinski definition) is 3. The highest BCUT2D eigenvalue weighted by Crippen LogP contribution is 2.20. The second-order valence-electron chi connectivity index (χ2n) is 5.16. The summed E-state index contributed by atoms with van der Waals surface area (Å²) in [5, 5.41) is 7.19. The molecule has 0 unspecified atom stereocenters. The van der Waals surface area contributed by atoms with E-state index in [0.717, 1.165) is 0 Å². The van der Waals surface area contributed by atoms with E-state index in [9.17, 15) is 13.2 Å². The molecule has 0 heterocycles. The van der Waals surface area contributed by atoms with Gasteiger partial charge in [0.1, 0.15) is 0 Å². The van der Waals surface area contributed by atoms with Crippen LogP contribution in [0, 0.1) is 0 Å². The Labute approximate surface area is 150 Å². The van der Waals surface area contributed by atoms with Crippen LogP contribution in [0.4, 0.5) is 11.4 Å². The summed E-state index contributed by atoms with van der Waals surface area (Å²) < 4.78 is 30.8. The van der Waals surface area contributed by atoms with E-state index in [1.807, 2.05) is 0 Å². The van der Waals surface area contributed by atoms with Crippen molar-refractivity contribution in [2.45, 2.75) is 18.2 Å². The summed E-state index contributed by atoms with van der Waals surface area (Å²) in [5.41, 5.74) is 4.26. The molecule has 0 saturated heterocycles. The lowest BCUT2D eigenvalue weighted by Gasteiger charge is -2.07. The van der Waals surface area contributed by atoms with Gasteiger partial charge in [0.2, 0.25) is 5.91 Å². The van der Waals surface area contributed by atoms with E-state index in [1.54, 1.807) is 31.2 Å². The fraction of sp³-hybridized carbons (Fsp3) is 0.125. The number of nitrogens with one attached hydrogen (secondary N) is 2. The second-order valence-corrected chi connectivity index (χ2v) is 6.99. The van der Waals surface area contributed by atoms with Gasteiger partial charge in [0.15, 0.2) is 0 Å². The molecule has 1 amide bonds. The van der Waals surface area contributed by atoms with Crippen LogP contribution in [0.3, 0.4) is 0 Å². The lowest BCUT2D eigenvalue weighted by Crippen LogP contribution is -2.15. The first-order chi connectivity index (χ1) is 11.8. The van der Waals surface area contributed by atoms with Gasteiger partial charge >= 0.3 is 0 Å². The van der Waals surface area contributed by atoms with Crippen LogP contribution in [0.1, 0.15) is 13.3 Å². The minimum absolute atomic E-state index is 0.0569. The highest BCUT2D eigenvalue weighted by atomic mass is 35.5. The molecular weight excluding hydrogens is 366 g/mol. The normalized spacial score (nSPS) is 11.9. The number of hydrazone groups is 1. The molecule has 0 fully saturated rings. The van der Waals surface area contributed by atoms with Gasteiger partial charge in [-0.15, -0.1) is 0 Å². The van der Waals surface area contributed by atoms with Gasteiger partial charge in [-0.1, -0.05) is 23.7 Å². The van der Waals surface area contributed by atoms with Gasteiger partial charge in [0.25, 0.3) is 10.1 Å². The fourth-order valence-electron chi connectivity index (χ4n) is 1.89. The monoisotopic (exact) mass is 381 g/mol. The average molecular weight is 382 g/mol. The number of rotatable bonds is 6. The molecule has 0 radical (unpaired) electrons. The highest BCUT2D eigenvalue weighted by molar-refractivity contribution is 7.85.